The number of benzene rings is 1. The van der Waals surface area contributed by atoms with Crippen LogP contribution < -0.4 is 15.4 Å². The standard InChI is InChI=1S/C18H21N3O2/c1-23-16-8-6-14(7-9-16)21-18(22)17-12-15(10-11-19-17)20-13-4-2-3-5-13/h6-13H,2-5H2,1H3,(H,19,20)(H,21,22). The summed E-state index contributed by atoms with van der Waals surface area (Å²) < 4.78 is 5.10. The molecular weight excluding hydrogens is 290 g/mol. The minimum Gasteiger partial charge on any atom is -0.497 e. The van der Waals surface area contributed by atoms with Crippen LogP contribution in [0.5, 0.6) is 5.75 Å². The van der Waals surface area contributed by atoms with Gasteiger partial charge in [-0.25, -0.2) is 0 Å². The van der Waals surface area contributed by atoms with Crippen LogP contribution in [-0.4, -0.2) is 24.0 Å². The molecule has 5 heteroatoms. The van der Waals surface area contributed by atoms with Gasteiger partial charge in [-0.3, -0.25) is 9.78 Å². The van der Waals surface area contributed by atoms with E-state index >= 15 is 0 Å². The number of nitrogens with one attached hydrogen (secondary N) is 2. The van der Waals surface area contributed by atoms with Crippen molar-refractivity contribution in [1.29, 1.82) is 0 Å². The number of amides is 1. The topological polar surface area (TPSA) is 63.2 Å². The number of hydrogen-bond donors (Lipinski definition) is 2. The van der Waals surface area contributed by atoms with E-state index < -0.39 is 0 Å². The van der Waals surface area contributed by atoms with Crippen molar-refractivity contribution in [1.82, 2.24) is 4.98 Å². The molecule has 2 aromatic rings. The summed E-state index contributed by atoms with van der Waals surface area (Å²) >= 11 is 0. The average Bonchev–Trinajstić information content (AvgIpc) is 3.09. The number of carbonyl (C=O) groups excluding carboxylic acids is 1. The zero-order valence-electron chi connectivity index (χ0n) is 13.2. The first-order valence-corrected chi connectivity index (χ1v) is 7.92. The second kappa shape index (κ2) is 7.13. The van der Waals surface area contributed by atoms with Crippen molar-refractivity contribution >= 4 is 17.3 Å². The number of hydrogen-bond acceptors (Lipinski definition) is 4. The Kier molecular flexibility index (Phi) is 4.76. The van der Waals surface area contributed by atoms with Gasteiger partial charge < -0.3 is 15.4 Å². The third-order valence-corrected chi connectivity index (χ3v) is 4.07. The van der Waals surface area contributed by atoms with Crippen molar-refractivity contribution in [2.45, 2.75) is 31.7 Å². The van der Waals surface area contributed by atoms with Gasteiger partial charge in [-0.1, -0.05) is 12.8 Å². The van der Waals surface area contributed by atoms with Gasteiger partial charge in [0.15, 0.2) is 0 Å². The Morgan fingerprint density at radius 3 is 2.57 bits per heavy atom. The maximum atomic E-state index is 12.3. The molecule has 5 nitrogen and oxygen atoms in total. The SMILES string of the molecule is COc1ccc(NC(=O)c2cc(NC3CCCC3)ccn2)cc1. The van der Waals surface area contributed by atoms with Crippen LogP contribution in [0.1, 0.15) is 36.2 Å². The van der Waals surface area contributed by atoms with Crippen molar-refractivity contribution < 1.29 is 9.53 Å². The molecule has 1 amide bonds. The lowest BCUT2D eigenvalue weighted by molar-refractivity contribution is 0.102. The van der Waals surface area contributed by atoms with Gasteiger partial charge in [-0.05, 0) is 49.2 Å². The molecule has 0 atom stereocenters. The van der Waals surface area contributed by atoms with Gasteiger partial charge in [-0.15, -0.1) is 0 Å². The molecular formula is C18H21N3O2. The smallest absolute Gasteiger partial charge is 0.274 e. The fourth-order valence-electron chi connectivity index (χ4n) is 2.82. The quantitative estimate of drug-likeness (QED) is 0.884. The van der Waals surface area contributed by atoms with E-state index in [-0.39, 0.29) is 5.91 Å². The molecule has 2 N–H and O–H groups in total. The third kappa shape index (κ3) is 4.00. The lowest BCUT2D eigenvalue weighted by atomic mass is 10.2. The van der Waals surface area contributed by atoms with Gasteiger partial charge in [0, 0.05) is 23.6 Å². The molecule has 0 saturated heterocycles. The summed E-state index contributed by atoms with van der Waals surface area (Å²) in [5.41, 5.74) is 2.07. The van der Waals surface area contributed by atoms with Gasteiger partial charge >= 0.3 is 0 Å². The first-order valence-electron chi connectivity index (χ1n) is 7.92. The zero-order chi connectivity index (χ0) is 16.1. The zero-order valence-corrected chi connectivity index (χ0v) is 13.2. The van der Waals surface area contributed by atoms with Crippen LogP contribution in [0.3, 0.4) is 0 Å². The number of anilines is 2. The van der Waals surface area contributed by atoms with Crippen LogP contribution in [0.4, 0.5) is 11.4 Å². The summed E-state index contributed by atoms with van der Waals surface area (Å²) in [4.78, 5) is 16.5. The molecule has 23 heavy (non-hydrogen) atoms. The highest BCUT2D eigenvalue weighted by Gasteiger charge is 2.15. The summed E-state index contributed by atoms with van der Waals surface area (Å²) in [5.74, 6) is 0.536. The van der Waals surface area contributed by atoms with Crippen molar-refractivity contribution in [3.63, 3.8) is 0 Å². The summed E-state index contributed by atoms with van der Waals surface area (Å²) in [7, 11) is 1.61. The van der Waals surface area contributed by atoms with E-state index in [1.165, 1.54) is 25.7 Å². The minimum atomic E-state index is -0.217. The summed E-state index contributed by atoms with van der Waals surface area (Å²) in [6.07, 6.45) is 6.59. The fourth-order valence-corrected chi connectivity index (χ4v) is 2.82. The van der Waals surface area contributed by atoms with Gasteiger partial charge in [0.05, 0.1) is 7.11 Å². The maximum Gasteiger partial charge on any atom is 0.274 e. The molecule has 1 fully saturated rings. The number of aromatic nitrogens is 1. The number of rotatable bonds is 5. The van der Waals surface area contributed by atoms with E-state index in [0.717, 1.165) is 11.4 Å². The predicted molar refractivity (Wildman–Crippen MR) is 91.1 cm³/mol. The molecule has 1 aromatic carbocycles. The van der Waals surface area contributed by atoms with Gasteiger partial charge in [0.25, 0.3) is 5.91 Å². The lowest BCUT2D eigenvalue weighted by Crippen LogP contribution is -2.17. The van der Waals surface area contributed by atoms with E-state index in [9.17, 15) is 4.79 Å². The highest BCUT2D eigenvalue weighted by atomic mass is 16.5. The molecule has 0 spiro atoms. The Bertz CT molecular complexity index is 664. The van der Waals surface area contributed by atoms with Gasteiger partial charge in [0.1, 0.15) is 11.4 Å². The predicted octanol–water partition coefficient (Wildman–Crippen LogP) is 3.70. The normalized spacial score (nSPS) is 14.5. The molecule has 0 unspecified atom stereocenters. The van der Waals surface area contributed by atoms with Crippen molar-refractivity contribution in [2.24, 2.45) is 0 Å². The Labute approximate surface area is 136 Å². The molecule has 1 aromatic heterocycles. The van der Waals surface area contributed by atoms with Crippen LogP contribution in [0.25, 0.3) is 0 Å². The Morgan fingerprint density at radius 2 is 1.87 bits per heavy atom. The Morgan fingerprint density at radius 1 is 1.13 bits per heavy atom. The van der Waals surface area contributed by atoms with Crippen molar-refractivity contribution in [3.05, 3.63) is 48.3 Å². The molecule has 1 heterocycles. The number of ether oxygens (including phenoxy) is 1. The Hall–Kier alpha value is -2.56. The second-order valence-corrected chi connectivity index (χ2v) is 5.74. The number of nitrogens with zero attached hydrogens (tertiary/aromatic N) is 1. The first kappa shape index (κ1) is 15.3. The van der Waals surface area contributed by atoms with Crippen LogP contribution >= 0.6 is 0 Å². The molecule has 3 rings (SSSR count). The molecule has 0 radical (unpaired) electrons. The second-order valence-electron chi connectivity index (χ2n) is 5.74. The van der Waals surface area contributed by atoms with Gasteiger partial charge in [-0.2, -0.15) is 0 Å². The number of pyridine rings is 1. The average molecular weight is 311 g/mol. The van der Waals surface area contributed by atoms with E-state index in [0.29, 0.717) is 17.4 Å². The summed E-state index contributed by atoms with van der Waals surface area (Å²) in [6.45, 7) is 0. The summed E-state index contributed by atoms with van der Waals surface area (Å²) in [6, 6.07) is 11.4. The summed E-state index contributed by atoms with van der Waals surface area (Å²) in [5, 5.41) is 6.32. The number of carbonyl (C=O) groups is 1. The van der Waals surface area contributed by atoms with E-state index in [4.69, 9.17) is 4.74 Å². The van der Waals surface area contributed by atoms with E-state index in [1.807, 2.05) is 6.07 Å². The van der Waals surface area contributed by atoms with Crippen LogP contribution in [-0.2, 0) is 0 Å². The first-order chi connectivity index (χ1) is 11.2. The molecule has 1 aliphatic rings. The molecule has 0 bridgehead atoms. The van der Waals surface area contributed by atoms with Gasteiger partial charge in [0.2, 0.25) is 0 Å². The maximum absolute atomic E-state index is 12.3. The third-order valence-electron chi connectivity index (χ3n) is 4.07. The highest BCUT2D eigenvalue weighted by molar-refractivity contribution is 6.03. The van der Waals surface area contributed by atoms with E-state index in [1.54, 1.807) is 43.6 Å². The fraction of sp³-hybridized carbons (Fsp3) is 0.333. The van der Waals surface area contributed by atoms with E-state index in [2.05, 4.69) is 15.6 Å². The van der Waals surface area contributed by atoms with Crippen LogP contribution in [0.2, 0.25) is 0 Å². The van der Waals surface area contributed by atoms with Crippen LogP contribution in [0.15, 0.2) is 42.6 Å². The highest BCUT2D eigenvalue weighted by Crippen LogP contribution is 2.22. The number of methoxy groups -OCH3 is 1. The molecule has 0 aliphatic heterocycles. The molecule has 1 aliphatic carbocycles. The lowest BCUT2D eigenvalue weighted by Gasteiger charge is -2.14. The monoisotopic (exact) mass is 311 g/mol. The molecule has 1 saturated carbocycles. The van der Waals surface area contributed by atoms with Crippen molar-refractivity contribution in [3.8, 4) is 5.75 Å². The van der Waals surface area contributed by atoms with Crippen molar-refractivity contribution in [2.75, 3.05) is 17.7 Å². The molecule has 120 valence electrons. The van der Waals surface area contributed by atoms with Crippen LogP contribution in [0, 0.1) is 0 Å². The largest absolute Gasteiger partial charge is 0.497 e. The Balaban J connectivity index is 1.66. The minimum absolute atomic E-state index is 0.217.